The Bertz CT molecular complexity index is 2400. The molecule has 2 aliphatic heterocycles. The number of carbonyl (C=O) groups excluding carboxylic acids is 4. The van der Waals surface area contributed by atoms with Crippen molar-refractivity contribution in [2.75, 3.05) is 13.2 Å². The smallest absolute Gasteiger partial charge is 0.316 e. The van der Waals surface area contributed by atoms with Crippen molar-refractivity contribution in [1.82, 2.24) is 0 Å². The number of aromatic hydroxyl groups is 2. The molecule has 2 heterocycles. The van der Waals surface area contributed by atoms with Gasteiger partial charge in [-0.25, -0.2) is 0 Å². The molecule has 2 saturated heterocycles. The van der Waals surface area contributed by atoms with E-state index >= 15 is 0 Å². The van der Waals surface area contributed by atoms with E-state index in [9.17, 15) is 111 Å². The third-order valence-corrected chi connectivity index (χ3v) is 11.9. The molecule has 0 bridgehead atoms. The first-order valence-electron chi connectivity index (χ1n) is 20.0. The van der Waals surface area contributed by atoms with Crippen molar-refractivity contribution in [2.24, 2.45) is 5.92 Å². The first kappa shape index (κ1) is 50.8. The second-order valence-electron chi connectivity index (χ2n) is 16.0. The minimum atomic E-state index is -4.19. The Morgan fingerprint density at radius 2 is 0.853 bits per heavy atom. The molecule has 17 N–H and O–H groups in total. The van der Waals surface area contributed by atoms with Crippen LogP contribution in [0, 0.1) is 5.92 Å². The maximum atomic E-state index is 14.8. The van der Waals surface area contributed by atoms with Gasteiger partial charge in [0.05, 0.1) is 24.4 Å². The van der Waals surface area contributed by atoms with E-state index in [0.29, 0.717) is 12.2 Å². The maximum Gasteiger partial charge on any atom is 0.316 e. The third kappa shape index (κ3) is 8.37. The predicted molar refractivity (Wildman–Crippen MR) is 221 cm³/mol. The van der Waals surface area contributed by atoms with E-state index < -0.39 is 166 Å². The molecule has 2 aromatic carbocycles. The molecule has 2 fully saturated rings. The maximum absolute atomic E-state index is 14.8. The Kier molecular flexibility index (Phi) is 14.3. The van der Waals surface area contributed by atoms with Crippen LogP contribution < -0.4 is 0 Å². The summed E-state index contributed by atoms with van der Waals surface area (Å²) in [6.45, 7) is -2.51. The number of rotatable bonds is 11. The van der Waals surface area contributed by atoms with Crippen molar-refractivity contribution in [3.05, 3.63) is 117 Å². The van der Waals surface area contributed by atoms with Gasteiger partial charge in [0.2, 0.25) is 34.3 Å². The Morgan fingerprint density at radius 3 is 1.15 bits per heavy atom. The summed E-state index contributed by atoms with van der Waals surface area (Å²) in [5, 5.41) is 186. The second kappa shape index (κ2) is 19.2. The monoisotopic (exact) mass is 956 g/mol. The fourth-order valence-electron chi connectivity index (χ4n) is 8.20. The number of benzene rings is 2. The summed E-state index contributed by atoms with van der Waals surface area (Å²) in [6.07, 6.45) is -21.5. The second-order valence-corrected chi connectivity index (χ2v) is 16.0. The normalized spacial score (nSPS) is 34.8. The SMILES string of the molecule is O=C(O)C(C1=C(O)/C(=C(O)\C=C\c2ccc(O)cc2)C(=O)C(O)([C@@H]2O[C@H](CO)[C@@H](O)[C@H](O)[C@H]2O)C1=O)C1=C(O)/C(=C(O)\C=C\c2ccc(O)cc2)C(=O)C(O)([C@@H]2O[C@H](CO)[C@@H](O)[C@H](O)[C@H]2O)C1=O. The lowest BCUT2D eigenvalue weighted by atomic mass is 9.64. The van der Waals surface area contributed by atoms with Gasteiger partial charge in [-0.3, -0.25) is 24.0 Å². The zero-order valence-corrected chi connectivity index (χ0v) is 34.7. The molecule has 0 aromatic heterocycles. The number of ketones is 4. The van der Waals surface area contributed by atoms with E-state index in [4.69, 9.17) is 9.47 Å². The number of hydrogen-bond acceptors (Lipinski definition) is 23. The number of hydrogen-bond donors (Lipinski definition) is 17. The number of aliphatic hydroxyl groups is 14. The average molecular weight is 957 g/mol. The number of Topliss-reactive ketones (excluding diaryl/α,β-unsaturated/α-hetero) is 4. The number of allylic oxidation sites excluding steroid dienone is 4. The number of aliphatic hydroxyl groups excluding tert-OH is 12. The van der Waals surface area contributed by atoms with Crippen LogP contribution >= 0.6 is 0 Å². The van der Waals surface area contributed by atoms with Crippen LogP contribution in [0.15, 0.2) is 106 Å². The van der Waals surface area contributed by atoms with Crippen LogP contribution in [0.3, 0.4) is 0 Å². The summed E-state index contributed by atoms with van der Waals surface area (Å²) in [5.74, 6) is -22.2. The first-order valence-corrected chi connectivity index (χ1v) is 20.0. The molecular formula is C44H44O24. The number of carbonyl (C=O) groups is 5. The number of aliphatic carboxylic acids is 1. The summed E-state index contributed by atoms with van der Waals surface area (Å²) in [4.78, 5) is 72.1. The summed E-state index contributed by atoms with van der Waals surface area (Å²) in [6, 6.07) is 9.68. The molecule has 0 spiro atoms. The van der Waals surface area contributed by atoms with Gasteiger partial charge in [0, 0.05) is 0 Å². The number of carboxylic acids is 1. The lowest BCUT2D eigenvalue weighted by molar-refractivity contribution is -0.260. The van der Waals surface area contributed by atoms with Crippen molar-refractivity contribution >= 4 is 41.3 Å². The molecular weight excluding hydrogens is 912 g/mol. The van der Waals surface area contributed by atoms with Gasteiger partial charge in [0.1, 0.15) is 113 Å². The lowest BCUT2D eigenvalue weighted by Crippen LogP contribution is -2.72. The Balaban J connectivity index is 1.68. The molecule has 6 rings (SSSR count). The Morgan fingerprint density at radius 1 is 0.529 bits per heavy atom. The van der Waals surface area contributed by atoms with Crippen LogP contribution in [-0.2, 0) is 33.4 Å². The predicted octanol–water partition coefficient (Wildman–Crippen LogP) is -3.78. The highest BCUT2D eigenvalue weighted by atomic mass is 16.6. The van der Waals surface area contributed by atoms with Crippen molar-refractivity contribution < 1.29 is 120 Å². The molecule has 364 valence electrons. The number of ether oxygens (including phenoxy) is 2. The molecule has 24 nitrogen and oxygen atoms in total. The molecule has 0 radical (unpaired) electrons. The van der Waals surface area contributed by atoms with E-state index in [1.807, 2.05) is 0 Å². The molecule has 24 heteroatoms. The summed E-state index contributed by atoms with van der Waals surface area (Å²) in [7, 11) is 0. The van der Waals surface area contributed by atoms with Crippen molar-refractivity contribution in [3.63, 3.8) is 0 Å². The van der Waals surface area contributed by atoms with Gasteiger partial charge in [0.25, 0.3) is 0 Å². The van der Waals surface area contributed by atoms with Crippen molar-refractivity contribution in [1.29, 1.82) is 0 Å². The molecule has 0 amide bonds. The highest BCUT2D eigenvalue weighted by Crippen LogP contribution is 2.47. The topological polar surface area (TPSA) is 448 Å². The number of phenolic OH excluding ortho intramolecular Hbond substituents is 2. The summed E-state index contributed by atoms with van der Waals surface area (Å²) < 4.78 is 10.6. The van der Waals surface area contributed by atoms with Gasteiger partial charge in [-0.15, -0.1) is 0 Å². The van der Waals surface area contributed by atoms with E-state index in [0.717, 1.165) is 12.2 Å². The Labute approximate surface area is 381 Å². The van der Waals surface area contributed by atoms with Crippen LogP contribution in [0.2, 0.25) is 0 Å². The van der Waals surface area contributed by atoms with Crippen LogP contribution in [0.1, 0.15) is 11.1 Å². The van der Waals surface area contributed by atoms with Gasteiger partial charge >= 0.3 is 5.97 Å². The molecule has 68 heavy (non-hydrogen) atoms. The number of carboxylic acid groups (broad SMARTS) is 1. The van der Waals surface area contributed by atoms with Gasteiger partial charge in [-0.2, -0.15) is 0 Å². The highest BCUT2D eigenvalue weighted by molar-refractivity contribution is 6.32. The fourth-order valence-corrected chi connectivity index (χ4v) is 8.20. The van der Waals surface area contributed by atoms with E-state index in [1.165, 1.54) is 48.5 Å². The molecule has 12 atom stereocenters. The van der Waals surface area contributed by atoms with Crippen LogP contribution in [0.5, 0.6) is 11.5 Å². The summed E-state index contributed by atoms with van der Waals surface area (Å²) >= 11 is 0. The first-order chi connectivity index (χ1) is 31.9. The van der Waals surface area contributed by atoms with Gasteiger partial charge in [-0.1, -0.05) is 36.4 Å². The van der Waals surface area contributed by atoms with E-state index in [1.54, 1.807) is 0 Å². The van der Waals surface area contributed by atoms with Crippen molar-refractivity contribution in [3.8, 4) is 11.5 Å². The van der Waals surface area contributed by atoms with Crippen LogP contribution in [0.4, 0.5) is 0 Å². The molecule has 0 saturated carbocycles. The minimum Gasteiger partial charge on any atom is -0.508 e. The third-order valence-electron chi connectivity index (χ3n) is 11.9. The van der Waals surface area contributed by atoms with Crippen molar-refractivity contribution in [2.45, 2.75) is 72.2 Å². The zero-order valence-electron chi connectivity index (χ0n) is 34.7. The lowest BCUT2D eigenvalue weighted by Gasteiger charge is -2.48. The highest BCUT2D eigenvalue weighted by Gasteiger charge is 2.68. The van der Waals surface area contributed by atoms with Crippen LogP contribution in [0.25, 0.3) is 12.2 Å². The molecule has 2 unspecified atom stereocenters. The number of phenols is 2. The standard InChI is InChI=1S/C44H44O24/c45-13-21-28(51)32(55)34(57)40(67-21)43(65)36(59)23(19(49)11-5-15-1-7-17(47)8-2-15)30(53)26(38(43)61)25(42(63)64)27-31(54)24(20(50)12-6-16-3-9-18(48)10-4-16)37(60)44(66,39(27)62)41-35(58)33(56)29(52)22(14-46)68-41/h1-12,21-22,25,28-29,32-35,40-41,45-58,65-66H,13-14H2,(H,63,64)/b11-5+,12-6+,23-19-,24-20-/t21-,22-,25?,28-,29-,32+,33+,34-,35-,40-,41-,43?,44?/m1/s1. The zero-order chi connectivity index (χ0) is 50.5. The van der Waals surface area contributed by atoms with Crippen LogP contribution in [-0.4, -0.2) is 201 Å². The van der Waals surface area contributed by atoms with E-state index in [-0.39, 0.29) is 22.6 Å². The minimum absolute atomic E-state index is 0.143. The largest absolute Gasteiger partial charge is 0.508 e. The van der Waals surface area contributed by atoms with E-state index in [2.05, 4.69) is 0 Å². The van der Waals surface area contributed by atoms with Gasteiger partial charge in [0.15, 0.2) is 0 Å². The fraction of sp³-hybridized carbons (Fsp3) is 0.341. The molecule has 2 aliphatic carbocycles. The Hall–Kier alpha value is -6.65. The molecule has 4 aliphatic rings. The average Bonchev–Trinajstić information content (AvgIpc) is 3.30. The molecule has 2 aromatic rings. The summed E-state index contributed by atoms with van der Waals surface area (Å²) in [5.41, 5.74) is -15.2. The quantitative estimate of drug-likeness (QED) is 0.0584. The van der Waals surface area contributed by atoms with Gasteiger partial charge < -0.3 is 96.3 Å². The van der Waals surface area contributed by atoms with Gasteiger partial charge in [-0.05, 0) is 47.5 Å².